The third-order valence-corrected chi connectivity index (χ3v) is 3.54. The van der Waals surface area contributed by atoms with Crippen molar-refractivity contribution in [3.05, 3.63) is 24.0 Å². The number of pyridine rings is 1. The van der Waals surface area contributed by atoms with Crippen molar-refractivity contribution in [2.45, 2.75) is 31.7 Å². The maximum absolute atomic E-state index is 12.5. The molecule has 0 aromatic carbocycles. The molecule has 0 atom stereocenters. The second kappa shape index (κ2) is 6.36. The van der Waals surface area contributed by atoms with Crippen molar-refractivity contribution in [2.24, 2.45) is 0 Å². The van der Waals surface area contributed by atoms with Gasteiger partial charge in [-0.3, -0.25) is 9.59 Å². The van der Waals surface area contributed by atoms with E-state index >= 15 is 0 Å². The van der Waals surface area contributed by atoms with Crippen LogP contribution in [0.4, 0.5) is 0 Å². The van der Waals surface area contributed by atoms with Gasteiger partial charge in [0.2, 0.25) is 0 Å². The van der Waals surface area contributed by atoms with E-state index < -0.39 is 11.9 Å². The minimum absolute atomic E-state index is 0.00278. The van der Waals surface area contributed by atoms with Crippen molar-refractivity contribution in [3.8, 4) is 5.75 Å². The van der Waals surface area contributed by atoms with E-state index in [1.54, 1.807) is 6.07 Å². The lowest BCUT2D eigenvalue weighted by atomic mass is 10.2. The summed E-state index contributed by atoms with van der Waals surface area (Å²) >= 11 is 0. The Bertz CT molecular complexity index is 498. The molecule has 1 N–H and O–H groups in total. The summed E-state index contributed by atoms with van der Waals surface area (Å²) in [6.07, 6.45) is 5.22. The van der Waals surface area contributed by atoms with Crippen molar-refractivity contribution in [3.63, 3.8) is 0 Å². The third-order valence-electron chi connectivity index (χ3n) is 3.54. The number of hydrogen-bond donors (Lipinski definition) is 1. The van der Waals surface area contributed by atoms with Crippen LogP contribution in [0.5, 0.6) is 5.75 Å². The third kappa shape index (κ3) is 3.07. The molecule has 20 heavy (non-hydrogen) atoms. The molecule has 0 radical (unpaired) electrons. The first-order valence-electron chi connectivity index (χ1n) is 6.65. The zero-order chi connectivity index (χ0) is 14.5. The molecule has 1 amide bonds. The Hall–Kier alpha value is -2.11. The van der Waals surface area contributed by atoms with E-state index in [1.165, 1.54) is 24.3 Å². The van der Waals surface area contributed by atoms with Crippen LogP contribution in [0.1, 0.15) is 36.2 Å². The highest BCUT2D eigenvalue weighted by molar-refractivity contribution is 5.96. The fourth-order valence-corrected chi connectivity index (χ4v) is 2.48. The molecule has 0 spiro atoms. The molecule has 1 aliphatic rings. The van der Waals surface area contributed by atoms with Gasteiger partial charge in [0, 0.05) is 12.2 Å². The van der Waals surface area contributed by atoms with E-state index in [1.807, 2.05) is 0 Å². The molecule has 0 unspecified atom stereocenters. The van der Waals surface area contributed by atoms with Gasteiger partial charge in [0.25, 0.3) is 5.91 Å². The van der Waals surface area contributed by atoms with Crippen molar-refractivity contribution < 1.29 is 19.4 Å². The highest BCUT2D eigenvalue weighted by Gasteiger charge is 2.31. The molecule has 1 aromatic heterocycles. The number of aromatic nitrogens is 1. The average molecular weight is 278 g/mol. The highest BCUT2D eigenvalue weighted by Crippen LogP contribution is 2.26. The Balaban J connectivity index is 2.23. The maximum atomic E-state index is 12.5. The lowest BCUT2D eigenvalue weighted by Crippen LogP contribution is -2.43. The molecule has 1 fully saturated rings. The van der Waals surface area contributed by atoms with Crippen LogP contribution in [0.15, 0.2) is 18.3 Å². The molecule has 0 bridgehead atoms. The van der Waals surface area contributed by atoms with E-state index in [4.69, 9.17) is 0 Å². The Morgan fingerprint density at radius 1 is 1.45 bits per heavy atom. The van der Waals surface area contributed by atoms with Crippen molar-refractivity contribution in [1.82, 2.24) is 9.88 Å². The molecule has 2 rings (SSSR count). The number of carbonyl (C=O) groups excluding carboxylic acids is 2. The highest BCUT2D eigenvalue weighted by atomic mass is 16.5. The average Bonchev–Trinajstić information content (AvgIpc) is 2.98. The Morgan fingerprint density at radius 3 is 2.75 bits per heavy atom. The number of hydrogen-bond acceptors (Lipinski definition) is 5. The van der Waals surface area contributed by atoms with Gasteiger partial charge in [-0.25, -0.2) is 4.98 Å². The van der Waals surface area contributed by atoms with Gasteiger partial charge in [-0.15, -0.1) is 0 Å². The minimum atomic E-state index is -0.472. The maximum Gasteiger partial charge on any atom is 0.325 e. The van der Waals surface area contributed by atoms with Gasteiger partial charge in [0.1, 0.15) is 12.3 Å². The number of nitrogens with zero attached hydrogens (tertiary/aromatic N) is 2. The zero-order valence-corrected chi connectivity index (χ0v) is 11.4. The molecule has 0 saturated heterocycles. The SMILES string of the molecule is COC(=O)CN(C(=O)c1ncccc1O)C1CCCC1. The fraction of sp³-hybridized carbons (Fsp3) is 0.500. The molecule has 6 heteroatoms. The Morgan fingerprint density at radius 2 is 2.15 bits per heavy atom. The van der Waals surface area contributed by atoms with Crippen molar-refractivity contribution >= 4 is 11.9 Å². The van der Waals surface area contributed by atoms with Crippen LogP contribution >= 0.6 is 0 Å². The van der Waals surface area contributed by atoms with Crippen LogP contribution in [-0.4, -0.2) is 46.6 Å². The summed E-state index contributed by atoms with van der Waals surface area (Å²) in [6, 6.07) is 2.96. The number of methoxy groups -OCH3 is 1. The number of carbonyl (C=O) groups is 2. The predicted molar refractivity (Wildman–Crippen MR) is 71.2 cm³/mol. The Labute approximate surface area is 117 Å². The summed E-state index contributed by atoms with van der Waals surface area (Å²) in [4.78, 5) is 29.4. The number of aromatic hydroxyl groups is 1. The van der Waals surface area contributed by atoms with E-state index in [0.29, 0.717) is 0 Å². The molecule has 0 aliphatic heterocycles. The Kier molecular flexibility index (Phi) is 4.55. The fourth-order valence-electron chi connectivity index (χ4n) is 2.48. The quantitative estimate of drug-likeness (QED) is 0.841. The van der Waals surface area contributed by atoms with E-state index in [9.17, 15) is 14.7 Å². The normalized spacial score (nSPS) is 15.1. The van der Waals surface area contributed by atoms with E-state index in [-0.39, 0.29) is 24.0 Å². The number of amides is 1. The lowest BCUT2D eigenvalue weighted by Gasteiger charge is -2.27. The second-order valence-electron chi connectivity index (χ2n) is 4.82. The first-order valence-corrected chi connectivity index (χ1v) is 6.65. The largest absolute Gasteiger partial charge is 0.505 e. The van der Waals surface area contributed by atoms with E-state index in [0.717, 1.165) is 25.7 Å². The molecule has 1 aliphatic carbocycles. The van der Waals surface area contributed by atoms with Crippen LogP contribution in [0, 0.1) is 0 Å². The first-order chi connectivity index (χ1) is 9.63. The summed E-state index contributed by atoms with van der Waals surface area (Å²) in [5, 5.41) is 9.74. The van der Waals surface area contributed by atoms with Crippen molar-refractivity contribution in [1.29, 1.82) is 0 Å². The monoisotopic (exact) mass is 278 g/mol. The molecule has 1 aromatic rings. The number of rotatable bonds is 4. The second-order valence-corrected chi connectivity index (χ2v) is 4.82. The molecule has 1 saturated carbocycles. The summed E-state index contributed by atoms with van der Waals surface area (Å²) < 4.78 is 4.64. The van der Waals surface area contributed by atoms with Crippen molar-refractivity contribution in [2.75, 3.05) is 13.7 Å². The van der Waals surface area contributed by atoms with Gasteiger partial charge in [-0.2, -0.15) is 0 Å². The molecule has 1 heterocycles. The van der Waals surface area contributed by atoms with Gasteiger partial charge >= 0.3 is 5.97 Å². The number of ether oxygens (including phenoxy) is 1. The lowest BCUT2D eigenvalue weighted by molar-refractivity contribution is -0.141. The van der Waals surface area contributed by atoms with Gasteiger partial charge in [0.15, 0.2) is 5.69 Å². The number of esters is 1. The summed E-state index contributed by atoms with van der Waals surface area (Å²) in [7, 11) is 1.29. The zero-order valence-electron chi connectivity index (χ0n) is 11.4. The molecular formula is C14H18N2O4. The van der Waals surface area contributed by atoms with Gasteiger partial charge in [0.05, 0.1) is 7.11 Å². The van der Waals surface area contributed by atoms with Crippen LogP contribution in [0.25, 0.3) is 0 Å². The predicted octanol–water partition coefficient (Wildman–Crippen LogP) is 1.34. The van der Waals surface area contributed by atoms with Gasteiger partial charge in [-0.1, -0.05) is 12.8 Å². The summed E-state index contributed by atoms with van der Waals surface area (Å²) in [6.45, 7) is -0.115. The topological polar surface area (TPSA) is 79.7 Å². The smallest absolute Gasteiger partial charge is 0.325 e. The molecular weight excluding hydrogens is 260 g/mol. The molecule has 108 valence electrons. The van der Waals surface area contributed by atoms with Crippen LogP contribution in [0.2, 0.25) is 0 Å². The van der Waals surface area contributed by atoms with Crippen LogP contribution in [-0.2, 0) is 9.53 Å². The van der Waals surface area contributed by atoms with Gasteiger partial charge in [-0.05, 0) is 25.0 Å². The van der Waals surface area contributed by atoms with Gasteiger partial charge < -0.3 is 14.7 Å². The minimum Gasteiger partial charge on any atom is -0.505 e. The van der Waals surface area contributed by atoms with Crippen LogP contribution < -0.4 is 0 Å². The van der Waals surface area contributed by atoms with Crippen LogP contribution in [0.3, 0.4) is 0 Å². The summed E-state index contributed by atoms with van der Waals surface area (Å²) in [5.41, 5.74) is -0.0247. The summed E-state index contributed by atoms with van der Waals surface area (Å²) in [5.74, 6) is -1.08. The first kappa shape index (κ1) is 14.3. The molecule has 6 nitrogen and oxygen atoms in total. The van der Waals surface area contributed by atoms with E-state index in [2.05, 4.69) is 9.72 Å². The standard InChI is InChI=1S/C14H18N2O4/c1-20-12(18)9-16(10-5-2-3-6-10)14(19)13-11(17)7-4-8-15-13/h4,7-8,10,17H,2-3,5-6,9H2,1H3.